The van der Waals surface area contributed by atoms with Crippen molar-refractivity contribution in [3.63, 3.8) is 0 Å². The van der Waals surface area contributed by atoms with Crippen LogP contribution in [0, 0.1) is 0 Å². The number of aromatic nitrogens is 2. The highest BCUT2D eigenvalue weighted by Crippen LogP contribution is 2.18. The van der Waals surface area contributed by atoms with Crippen molar-refractivity contribution in [2.24, 2.45) is 0 Å². The molecule has 0 bridgehead atoms. The maximum Gasteiger partial charge on any atom is 0.359 e. The molecule has 0 N–H and O–H groups in total. The lowest BCUT2D eigenvalue weighted by Crippen LogP contribution is -2.03. The number of esters is 1. The van der Waals surface area contributed by atoms with Crippen LogP contribution in [0.5, 0.6) is 0 Å². The summed E-state index contributed by atoms with van der Waals surface area (Å²) in [4.78, 5) is 10.9. The van der Waals surface area contributed by atoms with Gasteiger partial charge in [0.1, 0.15) is 0 Å². The fourth-order valence-corrected chi connectivity index (χ4v) is 1.43. The molecule has 66 valence electrons. The van der Waals surface area contributed by atoms with Crippen molar-refractivity contribution in [2.75, 3.05) is 7.11 Å². The molecule has 0 aromatic carbocycles. The summed E-state index contributed by atoms with van der Waals surface area (Å²) < 4.78 is 17.6. The van der Waals surface area contributed by atoms with Crippen LogP contribution < -0.4 is 0 Å². The standard InChI is InChI=1S/C5H4BrFN2O2S/c1-11-5(10)4-3(6)2-9(8-4)12-7/h2H,1H3. The van der Waals surface area contributed by atoms with Crippen molar-refractivity contribution < 1.29 is 13.4 Å². The first-order chi connectivity index (χ1) is 5.69. The minimum atomic E-state index is -0.602. The van der Waals surface area contributed by atoms with Crippen LogP contribution >= 0.6 is 28.3 Å². The molecular formula is C5H4BrFN2O2S. The maximum absolute atomic E-state index is 11.9. The van der Waals surface area contributed by atoms with Gasteiger partial charge in [-0.1, -0.05) is 0 Å². The van der Waals surface area contributed by atoms with Gasteiger partial charge in [-0.3, -0.25) is 0 Å². The maximum atomic E-state index is 11.9. The normalized spacial score (nSPS) is 9.92. The summed E-state index contributed by atoms with van der Waals surface area (Å²) in [5.74, 6) is -0.602. The van der Waals surface area contributed by atoms with E-state index in [0.717, 1.165) is 4.09 Å². The molecule has 0 unspecified atom stereocenters. The molecule has 7 heteroatoms. The molecule has 0 aliphatic rings. The Hall–Kier alpha value is -0.560. The second kappa shape index (κ2) is 3.90. The van der Waals surface area contributed by atoms with E-state index < -0.39 is 5.97 Å². The third kappa shape index (κ3) is 1.78. The summed E-state index contributed by atoms with van der Waals surface area (Å²) in [5, 5.41) is 3.58. The Kier molecular flexibility index (Phi) is 3.10. The lowest BCUT2D eigenvalue weighted by molar-refractivity contribution is 0.0593. The number of hydrogen-bond acceptors (Lipinski definition) is 4. The van der Waals surface area contributed by atoms with Crippen LogP contribution in [-0.2, 0) is 4.74 Å². The van der Waals surface area contributed by atoms with Gasteiger partial charge < -0.3 is 4.74 Å². The lowest BCUT2D eigenvalue weighted by Gasteiger charge is -1.92. The van der Waals surface area contributed by atoms with Crippen LogP contribution in [-0.4, -0.2) is 22.3 Å². The van der Waals surface area contributed by atoms with E-state index in [-0.39, 0.29) is 18.0 Å². The van der Waals surface area contributed by atoms with E-state index in [2.05, 4.69) is 25.8 Å². The number of halogens is 2. The van der Waals surface area contributed by atoms with Gasteiger partial charge in [-0.15, -0.1) is 3.89 Å². The SMILES string of the molecule is COC(=O)c1nn(SF)cc1Br. The molecule has 0 aliphatic heterocycles. The van der Waals surface area contributed by atoms with Gasteiger partial charge in [0.2, 0.25) is 0 Å². The second-order valence-electron chi connectivity index (χ2n) is 1.79. The highest BCUT2D eigenvalue weighted by Gasteiger charge is 2.15. The highest BCUT2D eigenvalue weighted by atomic mass is 79.9. The molecule has 0 saturated heterocycles. The van der Waals surface area contributed by atoms with Gasteiger partial charge in [-0.25, -0.2) is 4.79 Å². The minimum absolute atomic E-state index is 0.0580. The molecule has 0 amide bonds. The lowest BCUT2D eigenvalue weighted by atomic mass is 10.4. The van der Waals surface area contributed by atoms with E-state index in [4.69, 9.17) is 0 Å². The Morgan fingerprint density at radius 3 is 3.00 bits per heavy atom. The molecule has 0 saturated carbocycles. The number of methoxy groups -OCH3 is 1. The molecular weight excluding hydrogens is 251 g/mol. The van der Waals surface area contributed by atoms with Crippen molar-refractivity contribution in [2.45, 2.75) is 0 Å². The summed E-state index contributed by atoms with van der Waals surface area (Å²) in [7, 11) is 1.23. The first-order valence-electron chi connectivity index (χ1n) is 2.81. The first-order valence-corrected chi connectivity index (χ1v) is 4.28. The van der Waals surface area contributed by atoms with E-state index in [1.807, 2.05) is 0 Å². The predicted octanol–water partition coefficient (Wildman–Crippen LogP) is 1.81. The third-order valence-corrected chi connectivity index (χ3v) is 2.01. The summed E-state index contributed by atoms with van der Waals surface area (Å²) in [6.07, 6.45) is 1.33. The Balaban J connectivity index is 2.99. The fraction of sp³-hybridized carbons (Fsp3) is 0.200. The van der Waals surface area contributed by atoms with E-state index in [9.17, 15) is 8.68 Å². The Morgan fingerprint density at radius 1 is 1.92 bits per heavy atom. The van der Waals surface area contributed by atoms with E-state index in [1.165, 1.54) is 13.3 Å². The molecule has 0 atom stereocenters. The zero-order valence-corrected chi connectivity index (χ0v) is 8.35. The van der Waals surface area contributed by atoms with E-state index in [0.29, 0.717) is 4.47 Å². The minimum Gasteiger partial charge on any atom is -0.464 e. The smallest absolute Gasteiger partial charge is 0.359 e. The quantitative estimate of drug-likeness (QED) is 0.756. The van der Waals surface area contributed by atoms with Crippen molar-refractivity contribution in [1.29, 1.82) is 0 Å². The Labute approximate surface area is 80.6 Å². The number of ether oxygens (including phenoxy) is 1. The molecule has 0 spiro atoms. The number of rotatable bonds is 2. The van der Waals surface area contributed by atoms with Crippen LogP contribution in [0.25, 0.3) is 0 Å². The van der Waals surface area contributed by atoms with Crippen molar-refractivity contribution >= 4 is 34.2 Å². The van der Waals surface area contributed by atoms with Gasteiger partial charge in [0.05, 0.1) is 17.8 Å². The summed E-state index contributed by atoms with van der Waals surface area (Å²) in [5.41, 5.74) is 0.0580. The van der Waals surface area contributed by atoms with Crippen molar-refractivity contribution in [3.8, 4) is 0 Å². The second-order valence-corrected chi connectivity index (χ2v) is 3.16. The van der Waals surface area contributed by atoms with Gasteiger partial charge in [-0.2, -0.15) is 9.19 Å². The van der Waals surface area contributed by atoms with Crippen LogP contribution in [0.2, 0.25) is 0 Å². The molecule has 1 aromatic heterocycles. The largest absolute Gasteiger partial charge is 0.464 e. The first kappa shape index (κ1) is 9.53. The molecule has 4 nitrogen and oxygen atoms in total. The number of nitrogens with zero attached hydrogens (tertiary/aromatic N) is 2. The molecule has 1 rings (SSSR count). The van der Waals surface area contributed by atoms with Crippen molar-refractivity contribution in [3.05, 3.63) is 16.4 Å². The van der Waals surface area contributed by atoms with Crippen LogP contribution in [0.4, 0.5) is 3.89 Å². The zero-order valence-electron chi connectivity index (χ0n) is 5.95. The van der Waals surface area contributed by atoms with E-state index >= 15 is 0 Å². The highest BCUT2D eigenvalue weighted by molar-refractivity contribution is 9.10. The molecule has 0 fully saturated rings. The summed E-state index contributed by atoms with van der Waals surface area (Å²) in [6, 6.07) is 0. The fourth-order valence-electron chi connectivity index (χ4n) is 0.604. The topological polar surface area (TPSA) is 44.1 Å². The van der Waals surface area contributed by atoms with Gasteiger partial charge >= 0.3 is 5.97 Å². The zero-order chi connectivity index (χ0) is 9.14. The van der Waals surface area contributed by atoms with Gasteiger partial charge in [-0.05, 0) is 15.9 Å². The monoisotopic (exact) mass is 254 g/mol. The number of carbonyl (C=O) groups is 1. The van der Waals surface area contributed by atoms with Gasteiger partial charge in [0, 0.05) is 0 Å². The molecule has 0 radical (unpaired) electrons. The summed E-state index contributed by atoms with van der Waals surface area (Å²) in [6.45, 7) is 0. The van der Waals surface area contributed by atoms with Crippen molar-refractivity contribution in [1.82, 2.24) is 9.19 Å². The molecule has 0 aliphatic carbocycles. The van der Waals surface area contributed by atoms with Crippen LogP contribution in [0.15, 0.2) is 10.7 Å². The van der Waals surface area contributed by atoms with Gasteiger partial charge in [0.25, 0.3) is 0 Å². The molecule has 12 heavy (non-hydrogen) atoms. The molecule has 1 aromatic rings. The molecule has 1 heterocycles. The van der Waals surface area contributed by atoms with Crippen LogP contribution in [0.1, 0.15) is 10.5 Å². The average Bonchev–Trinajstić information content (AvgIpc) is 2.45. The Morgan fingerprint density at radius 2 is 2.58 bits per heavy atom. The number of carbonyl (C=O) groups excluding carboxylic acids is 1. The summed E-state index contributed by atoms with van der Waals surface area (Å²) >= 11 is 2.93. The Bertz CT molecular complexity index is 304. The average molecular weight is 255 g/mol. The van der Waals surface area contributed by atoms with E-state index in [1.54, 1.807) is 0 Å². The van der Waals surface area contributed by atoms with Crippen LogP contribution in [0.3, 0.4) is 0 Å². The predicted molar refractivity (Wildman–Crippen MR) is 45.4 cm³/mol. The number of hydrogen-bond donors (Lipinski definition) is 0. The third-order valence-electron chi connectivity index (χ3n) is 1.10. The van der Waals surface area contributed by atoms with Gasteiger partial charge in [0.15, 0.2) is 18.0 Å².